The van der Waals surface area contributed by atoms with E-state index in [0.29, 0.717) is 23.3 Å². The van der Waals surface area contributed by atoms with Gasteiger partial charge in [0.2, 0.25) is 0 Å². The van der Waals surface area contributed by atoms with E-state index in [-0.39, 0.29) is 18.3 Å². The summed E-state index contributed by atoms with van der Waals surface area (Å²) in [6.07, 6.45) is 0.524. The van der Waals surface area contributed by atoms with Gasteiger partial charge in [-0.05, 0) is 44.2 Å². The Bertz CT molecular complexity index is 927. The smallest absolute Gasteiger partial charge is 0.336 e. The number of rotatable bonds is 4. The molecule has 29 heavy (non-hydrogen) atoms. The maximum atomic E-state index is 13.5. The molecule has 0 radical (unpaired) electrons. The molecule has 6 nitrogen and oxygen atoms in total. The van der Waals surface area contributed by atoms with Gasteiger partial charge in [0.25, 0.3) is 0 Å². The molecule has 1 aromatic rings. The Morgan fingerprint density at radius 2 is 1.90 bits per heavy atom. The molecule has 3 atom stereocenters. The van der Waals surface area contributed by atoms with Crippen LogP contribution in [0.3, 0.4) is 0 Å². The SMILES string of the molecule is CCOC(=O)C1=C(C)NC2=C(C(=O)[C@@H](C(=O)OC)[C@@H](C)C2)[C@H]1c1ccccc1C. The molecule has 0 aromatic heterocycles. The van der Waals surface area contributed by atoms with Gasteiger partial charge in [-0.2, -0.15) is 0 Å². The van der Waals surface area contributed by atoms with Crippen molar-refractivity contribution in [1.29, 1.82) is 0 Å². The highest BCUT2D eigenvalue weighted by Gasteiger charge is 2.47. The molecule has 1 aliphatic carbocycles. The van der Waals surface area contributed by atoms with Crippen molar-refractivity contribution in [1.82, 2.24) is 5.32 Å². The molecule has 1 aliphatic heterocycles. The quantitative estimate of drug-likeness (QED) is 0.621. The summed E-state index contributed by atoms with van der Waals surface area (Å²) in [5.41, 5.74) is 4.12. The molecule has 0 amide bonds. The van der Waals surface area contributed by atoms with Crippen molar-refractivity contribution in [2.45, 2.75) is 40.0 Å². The van der Waals surface area contributed by atoms with E-state index in [0.717, 1.165) is 16.8 Å². The summed E-state index contributed by atoms with van der Waals surface area (Å²) in [4.78, 5) is 38.8. The number of dihydropyridines is 1. The Balaban J connectivity index is 2.21. The van der Waals surface area contributed by atoms with Gasteiger partial charge in [0.1, 0.15) is 5.92 Å². The minimum Gasteiger partial charge on any atom is -0.468 e. The molecule has 0 saturated carbocycles. The van der Waals surface area contributed by atoms with Crippen LogP contribution in [0.2, 0.25) is 0 Å². The molecule has 154 valence electrons. The molecule has 0 unspecified atom stereocenters. The molecule has 0 fully saturated rings. The predicted octanol–water partition coefficient (Wildman–Crippen LogP) is 3.17. The zero-order valence-electron chi connectivity index (χ0n) is 17.5. The number of ether oxygens (including phenoxy) is 2. The standard InChI is InChI=1S/C23H27NO5/c1-6-29-23(27)18-14(4)24-16-11-13(3)17(22(26)28-5)21(25)20(16)19(18)15-10-8-7-9-12(15)2/h7-10,13,17,19,24H,6,11H2,1-5H3/t13-,17-,19-/m0/s1. The van der Waals surface area contributed by atoms with E-state index < -0.39 is 23.8 Å². The number of carbonyl (C=O) groups is 3. The number of hydrogen-bond acceptors (Lipinski definition) is 6. The van der Waals surface area contributed by atoms with Crippen molar-refractivity contribution >= 4 is 17.7 Å². The second-order valence-electron chi connectivity index (χ2n) is 7.61. The summed E-state index contributed by atoms with van der Waals surface area (Å²) in [7, 11) is 1.29. The third-order valence-electron chi connectivity index (χ3n) is 5.74. The fraction of sp³-hybridized carbons (Fsp3) is 0.435. The molecule has 0 spiro atoms. The molecular weight excluding hydrogens is 370 g/mol. The number of aryl methyl sites for hydroxylation is 1. The average molecular weight is 397 g/mol. The van der Waals surface area contributed by atoms with Crippen LogP contribution in [-0.4, -0.2) is 31.4 Å². The molecule has 0 saturated heterocycles. The zero-order valence-corrected chi connectivity index (χ0v) is 17.5. The molecule has 1 aromatic carbocycles. The van der Waals surface area contributed by atoms with Crippen LogP contribution in [-0.2, 0) is 23.9 Å². The molecule has 6 heteroatoms. The third kappa shape index (κ3) is 3.59. The van der Waals surface area contributed by atoms with Gasteiger partial charge < -0.3 is 14.8 Å². The van der Waals surface area contributed by atoms with E-state index in [4.69, 9.17) is 9.47 Å². The van der Waals surface area contributed by atoms with Crippen molar-refractivity contribution in [3.8, 4) is 0 Å². The van der Waals surface area contributed by atoms with Gasteiger partial charge in [0.15, 0.2) is 5.78 Å². The highest BCUT2D eigenvalue weighted by molar-refractivity contribution is 6.12. The number of nitrogens with one attached hydrogen (secondary N) is 1. The number of esters is 2. The van der Waals surface area contributed by atoms with E-state index in [1.54, 1.807) is 6.92 Å². The average Bonchev–Trinajstić information content (AvgIpc) is 2.67. The minimum absolute atomic E-state index is 0.198. The van der Waals surface area contributed by atoms with Crippen LogP contribution in [0, 0.1) is 18.8 Å². The van der Waals surface area contributed by atoms with Crippen molar-refractivity contribution in [2.75, 3.05) is 13.7 Å². The first-order valence-electron chi connectivity index (χ1n) is 9.87. The number of hydrogen-bond donors (Lipinski definition) is 1. The Hall–Kier alpha value is -2.89. The maximum absolute atomic E-state index is 13.5. The Labute approximate surface area is 171 Å². The second-order valence-corrected chi connectivity index (χ2v) is 7.61. The molecule has 2 aliphatic rings. The Kier molecular flexibility index (Phi) is 5.91. The first-order valence-corrected chi connectivity index (χ1v) is 9.87. The van der Waals surface area contributed by atoms with Gasteiger partial charge in [0, 0.05) is 22.9 Å². The first-order chi connectivity index (χ1) is 13.8. The molecule has 1 heterocycles. The van der Waals surface area contributed by atoms with Crippen LogP contribution in [0.1, 0.15) is 44.2 Å². The summed E-state index contributed by atoms with van der Waals surface area (Å²) in [5, 5.41) is 3.25. The lowest BCUT2D eigenvalue weighted by molar-refractivity contribution is -0.151. The van der Waals surface area contributed by atoms with Gasteiger partial charge in [-0.3, -0.25) is 9.59 Å². The number of benzene rings is 1. The number of ketones is 1. The summed E-state index contributed by atoms with van der Waals surface area (Å²) in [6, 6.07) is 7.67. The lowest BCUT2D eigenvalue weighted by Crippen LogP contribution is -2.43. The summed E-state index contributed by atoms with van der Waals surface area (Å²) in [6.45, 7) is 7.62. The Morgan fingerprint density at radius 3 is 2.52 bits per heavy atom. The Morgan fingerprint density at radius 1 is 1.21 bits per heavy atom. The molecular formula is C23H27NO5. The zero-order chi connectivity index (χ0) is 21.3. The normalized spacial score (nSPS) is 24.0. The fourth-order valence-corrected chi connectivity index (χ4v) is 4.38. The van der Waals surface area contributed by atoms with Gasteiger partial charge in [-0.1, -0.05) is 31.2 Å². The van der Waals surface area contributed by atoms with Crippen molar-refractivity contribution in [3.63, 3.8) is 0 Å². The largest absolute Gasteiger partial charge is 0.468 e. The van der Waals surface area contributed by atoms with Crippen molar-refractivity contribution in [2.24, 2.45) is 11.8 Å². The summed E-state index contributed by atoms with van der Waals surface area (Å²) in [5.74, 6) is -2.95. The van der Waals surface area contributed by atoms with Crippen LogP contribution in [0.15, 0.2) is 46.8 Å². The number of allylic oxidation sites excluding steroid dienone is 3. The van der Waals surface area contributed by atoms with E-state index >= 15 is 0 Å². The lowest BCUT2D eigenvalue weighted by Gasteiger charge is -2.38. The van der Waals surface area contributed by atoms with Crippen molar-refractivity contribution < 1.29 is 23.9 Å². The molecule has 1 N–H and O–H groups in total. The second kappa shape index (κ2) is 8.23. The van der Waals surface area contributed by atoms with Gasteiger partial charge in [-0.25, -0.2) is 4.79 Å². The third-order valence-corrected chi connectivity index (χ3v) is 5.74. The van der Waals surface area contributed by atoms with Crippen molar-refractivity contribution in [3.05, 3.63) is 57.9 Å². The van der Waals surface area contributed by atoms with Gasteiger partial charge >= 0.3 is 11.9 Å². The van der Waals surface area contributed by atoms with E-state index in [9.17, 15) is 14.4 Å². The van der Waals surface area contributed by atoms with Crippen LogP contribution < -0.4 is 5.32 Å². The number of methoxy groups -OCH3 is 1. The highest BCUT2D eigenvalue weighted by atomic mass is 16.5. The van der Waals surface area contributed by atoms with E-state index in [1.807, 2.05) is 45.0 Å². The topological polar surface area (TPSA) is 81.7 Å². The molecule has 0 bridgehead atoms. The fourth-order valence-electron chi connectivity index (χ4n) is 4.38. The lowest BCUT2D eigenvalue weighted by atomic mass is 9.68. The minimum atomic E-state index is -0.881. The monoisotopic (exact) mass is 397 g/mol. The van der Waals surface area contributed by atoms with E-state index in [2.05, 4.69) is 5.32 Å². The number of Topliss-reactive ketones (excluding diaryl/α,β-unsaturated/α-hetero) is 1. The van der Waals surface area contributed by atoms with Crippen LogP contribution in [0.4, 0.5) is 0 Å². The van der Waals surface area contributed by atoms with E-state index in [1.165, 1.54) is 7.11 Å². The summed E-state index contributed by atoms with van der Waals surface area (Å²) < 4.78 is 10.2. The first kappa shape index (κ1) is 20.8. The summed E-state index contributed by atoms with van der Waals surface area (Å²) >= 11 is 0. The highest BCUT2D eigenvalue weighted by Crippen LogP contribution is 2.46. The van der Waals surface area contributed by atoms with Crippen LogP contribution in [0.5, 0.6) is 0 Å². The molecule has 3 rings (SSSR count). The van der Waals surface area contributed by atoms with Crippen LogP contribution in [0.25, 0.3) is 0 Å². The maximum Gasteiger partial charge on any atom is 0.336 e. The van der Waals surface area contributed by atoms with Crippen LogP contribution >= 0.6 is 0 Å². The van der Waals surface area contributed by atoms with Gasteiger partial charge in [0.05, 0.1) is 19.3 Å². The van der Waals surface area contributed by atoms with Gasteiger partial charge in [-0.15, -0.1) is 0 Å². The number of carbonyl (C=O) groups excluding carboxylic acids is 3. The predicted molar refractivity (Wildman–Crippen MR) is 108 cm³/mol.